The minimum absolute atomic E-state index is 0.0461. The summed E-state index contributed by atoms with van der Waals surface area (Å²) in [6.45, 7) is 3.66. The van der Waals surface area contributed by atoms with Crippen molar-refractivity contribution in [1.82, 2.24) is 9.55 Å². The third-order valence-corrected chi connectivity index (χ3v) is 3.64. The molecule has 0 aliphatic rings. The number of rotatable bonds is 4. The Labute approximate surface area is 135 Å². The third kappa shape index (κ3) is 3.27. The first-order valence-electron chi connectivity index (χ1n) is 7.02. The number of alkyl halides is 3. The van der Waals surface area contributed by atoms with E-state index in [2.05, 4.69) is 15.8 Å². The fourth-order valence-electron chi connectivity index (χ4n) is 2.27. The number of benzene rings is 1. The Balaban J connectivity index is 2.92. The number of halogens is 4. The maximum Gasteiger partial charge on any atom is 0.418 e. The molecule has 1 N–H and O–H groups in total. The number of aliphatic imine (C=N–C) groups is 1. The summed E-state index contributed by atoms with van der Waals surface area (Å²) in [6.07, 6.45) is -2.40. The van der Waals surface area contributed by atoms with Crippen LogP contribution in [0.25, 0.3) is 11.0 Å². The number of aliphatic hydroxyl groups is 1. The van der Waals surface area contributed by atoms with E-state index in [4.69, 9.17) is 11.6 Å². The Morgan fingerprint density at radius 3 is 2.65 bits per heavy atom. The summed E-state index contributed by atoms with van der Waals surface area (Å²) in [5.41, 5.74) is -0.611. The fraction of sp³-hybridized carbons (Fsp3) is 0.400. The molecule has 23 heavy (non-hydrogen) atoms. The van der Waals surface area contributed by atoms with Crippen molar-refractivity contribution >= 4 is 34.2 Å². The molecule has 0 atom stereocenters. The van der Waals surface area contributed by atoms with Crippen LogP contribution in [0.1, 0.15) is 31.7 Å². The van der Waals surface area contributed by atoms with Crippen molar-refractivity contribution in [3.05, 3.63) is 28.6 Å². The lowest BCUT2D eigenvalue weighted by atomic mass is 10.1. The van der Waals surface area contributed by atoms with Crippen molar-refractivity contribution in [3.8, 4) is 0 Å². The Morgan fingerprint density at radius 2 is 2.13 bits per heavy atom. The number of fused-ring (bicyclic) bond motifs is 1. The van der Waals surface area contributed by atoms with Crippen molar-refractivity contribution < 1.29 is 18.3 Å². The summed E-state index contributed by atoms with van der Waals surface area (Å²) in [5, 5.41) is 8.86. The number of imidazole rings is 1. The number of aryl methyl sites for hydroxylation is 1. The van der Waals surface area contributed by atoms with Crippen LogP contribution < -0.4 is 0 Å². The van der Waals surface area contributed by atoms with Crippen LogP contribution in [0.15, 0.2) is 17.1 Å². The van der Waals surface area contributed by atoms with E-state index in [-0.39, 0.29) is 17.0 Å². The molecule has 8 heteroatoms. The van der Waals surface area contributed by atoms with Crippen molar-refractivity contribution in [2.45, 2.75) is 39.6 Å². The number of hydrogen-bond acceptors (Lipinski definition) is 3. The third-order valence-electron chi connectivity index (χ3n) is 3.26. The van der Waals surface area contributed by atoms with Gasteiger partial charge in [0.25, 0.3) is 0 Å². The number of allylic oxidation sites excluding steroid dienone is 1. The molecule has 0 aliphatic heterocycles. The summed E-state index contributed by atoms with van der Waals surface area (Å²) in [6, 6.07) is 0.880. The lowest BCUT2D eigenvalue weighted by Gasteiger charge is -2.12. The number of hydrogen-bond donors (Lipinski definition) is 1. The molecule has 0 aliphatic carbocycles. The molecule has 1 aromatic carbocycles. The molecule has 2 rings (SSSR count). The topological polar surface area (TPSA) is 50.4 Å². The van der Waals surface area contributed by atoms with E-state index in [1.165, 1.54) is 0 Å². The highest BCUT2D eigenvalue weighted by molar-refractivity contribution is 6.35. The summed E-state index contributed by atoms with van der Waals surface area (Å²) < 4.78 is 41.1. The maximum atomic E-state index is 13.2. The average Bonchev–Trinajstić information content (AvgIpc) is 2.85. The van der Waals surface area contributed by atoms with Crippen LogP contribution in [-0.2, 0) is 19.3 Å². The van der Waals surface area contributed by atoms with Crippen LogP contribution in [0.5, 0.6) is 0 Å². The molecule has 0 spiro atoms. The van der Waals surface area contributed by atoms with Gasteiger partial charge in [0.05, 0.1) is 21.6 Å². The van der Waals surface area contributed by atoms with Crippen molar-refractivity contribution in [2.24, 2.45) is 4.99 Å². The molecule has 0 saturated heterocycles. The average molecular weight is 346 g/mol. The normalized spacial score (nSPS) is 11.6. The van der Waals surface area contributed by atoms with E-state index in [0.29, 0.717) is 18.5 Å². The molecule has 0 saturated carbocycles. The van der Waals surface area contributed by atoms with Gasteiger partial charge in [-0.25, -0.2) is 9.98 Å². The molecule has 0 unspecified atom stereocenters. The Hall–Kier alpha value is -1.82. The zero-order valence-electron chi connectivity index (χ0n) is 12.6. The van der Waals surface area contributed by atoms with E-state index >= 15 is 0 Å². The standard InChI is InChI=1S/C15H15ClF3N3O/c1-3-5-6-20-13-12(16)9(15(17,18)19)7-10-14(13)22(4-2)11(8-23)21-10/h5,7,23H,3-4,8H2,1-2H3. The molecular weight excluding hydrogens is 331 g/mol. The number of aromatic nitrogens is 2. The molecule has 4 nitrogen and oxygen atoms in total. The Kier molecular flexibility index (Phi) is 5.14. The lowest BCUT2D eigenvalue weighted by molar-refractivity contribution is -0.137. The molecule has 1 heterocycles. The number of nitrogens with zero attached hydrogens (tertiary/aromatic N) is 3. The van der Waals surface area contributed by atoms with Crippen LogP contribution in [0.2, 0.25) is 5.02 Å². The van der Waals surface area contributed by atoms with Gasteiger partial charge in [0.1, 0.15) is 18.1 Å². The van der Waals surface area contributed by atoms with E-state index < -0.39 is 23.4 Å². The zero-order chi connectivity index (χ0) is 17.2. The minimum atomic E-state index is -4.63. The second-order valence-corrected chi connectivity index (χ2v) is 5.11. The zero-order valence-corrected chi connectivity index (χ0v) is 13.3. The highest BCUT2D eigenvalue weighted by atomic mass is 35.5. The molecule has 0 fully saturated rings. The van der Waals surface area contributed by atoms with Crippen LogP contribution in [0.3, 0.4) is 0 Å². The lowest BCUT2D eigenvalue weighted by Crippen LogP contribution is -2.06. The molecule has 124 valence electrons. The van der Waals surface area contributed by atoms with Gasteiger partial charge >= 0.3 is 6.18 Å². The smallest absolute Gasteiger partial charge is 0.388 e. The monoisotopic (exact) mass is 345 g/mol. The molecular formula is C15H15ClF3N3O. The van der Waals surface area contributed by atoms with Crippen LogP contribution in [0, 0.1) is 0 Å². The van der Waals surface area contributed by atoms with Crippen molar-refractivity contribution in [3.63, 3.8) is 0 Å². The SMILES string of the molecule is CCC=C=Nc1c(Cl)c(C(F)(F)F)cc2nc(CO)n(CC)c12. The van der Waals surface area contributed by atoms with Gasteiger partial charge in [0.2, 0.25) is 0 Å². The molecule has 0 bridgehead atoms. The predicted molar refractivity (Wildman–Crippen MR) is 83.3 cm³/mol. The second-order valence-electron chi connectivity index (χ2n) is 4.74. The quantitative estimate of drug-likeness (QED) is 0.830. The summed E-state index contributed by atoms with van der Waals surface area (Å²) in [5.74, 6) is 2.84. The summed E-state index contributed by atoms with van der Waals surface area (Å²) in [7, 11) is 0. The van der Waals surface area contributed by atoms with E-state index in [1.54, 1.807) is 17.6 Å². The van der Waals surface area contributed by atoms with Crippen LogP contribution in [0.4, 0.5) is 18.9 Å². The fourth-order valence-corrected chi connectivity index (χ4v) is 2.57. The first kappa shape index (κ1) is 17.5. The highest BCUT2D eigenvalue weighted by Crippen LogP contribution is 2.43. The molecule has 1 aromatic heterocycles. The number of aliphatic hydroxyl groups excluding tert-OH is 1. The highest BCUT2D eigenvalue weighted by Gasteiger charge is 2.36. The second kappa shape index (κ2) is 6.74. The minimum Gasteiger partial charge on any atom is -0.388 e. The van der Waals surface area contributed by atoms with Gasteiger partial charge in [-0.2, -0.15) is 13.2 Å². The van der Waals surface area contributed by atoms with Gasteiger partial charge in [0, 0.05) is 6.54 Å². The predicted octanol–water partition coefficient (Wildman–Crippen LogP) is 4.49. The van der Waals surface area contributed by atoms with Crippen molar-refractivity contribution in [1.29, 1.82) is 0 Å². The van der Waals surface area contributed by atoms with Gasteiger partial charge in [-0.05, 0) is 31.4 Å². The van der Waals surface area contributed by atoms with Crippen LogP contribution >= 0.6 is 11.6 Å². The van der Waals surface area contributed by atoms with Gasteiger partial charge in [-0.3, -0.25) is 0 Å². The van der Waals surface area contributed by atoms with Crippen LogP contribution in [-0.4, -0.2) is 20.5 Å². The van der Waals surface area contributed by atoms with Gasteiger partial charge in [-0.1, -0.05) is 18.5 Å². The van der Waals surface area contributed by atoms with E-state index in [0.717, 1.165) is 6.07 Å². The first-order chi connectivity index (χ1) is 10.8. The van der Waals surface area contributed by atoms with Crippen molar-refractivity contribution in [2.75, 3.05) is 0 Å². The van der Waals surface area contributed by atoms with E-state index in [9.17, 15) is 18.3 Å². The largest absolute Gasteiger partial charge is 0.418 e. The Morgan fingerprint density at radius 1 is 1.43 bits per heavy atom. The van der Waals surface area contributed by atoms with E-state index in [1.807, 2.05) is 6.92 Å². The maximum absolute atomic E-state index is 13.2. The molecule has 2 aromatic rings. The first-order valence-corrected chi connectivity index (χ1v) is 7.40. The van der Waals surface area contributed by atoms with Gasteiger partial charge in [0.15, 0.2) is 0 Å². The van der Waals surface area contributed by atoms with Gasteiger partial charge < -0.3 is 9.67 Å². The summed E-state index contributed by atoms with van der Waals surface area (Å²) in [4.78, 5) is 8.04. The van der Waals surface area contributed by atoms with Gasteiger partial charge in [-0.15, -0.1) is 0 Å². The molecule has 0 radical (unpaired) electrons. The molecule has 0 amide bonds. The Bertz CT molecular complexity index is 790. The summed E-state index contributed by atoms with van der Waals surface area (Å²) >= 11 is 5.96.